The summed E-state index contributed by atoms with van der Waals surface area (Å²) in [4.78, 5) is 74.8. The normalized spacial score (nSPS) is 18.1. The van der Waals surface area contributed by atoms with Crippen LogP contribution in [0.15, 0.2) is 29.6 Å². The van der Waals surface area contributed by atoms with Crippen molar-refractivity contribution in [1.82, 2.24) is 20.1 Å². The number of thiazole rings is 1. The highest BCUT2D eigenvalue weighted by Crippen LogP contribution is 2.33. The number of piperidine rings is 1. The first-order chi connectivity index (χ1) is 26.1. The number of likely N-dealkylation sites (N-methyl/N-ethyl adjacent to an activating group) is 1. The number of aryl methyl sites for hydroxylation is 1. The van der Waals surface area contributed by atoms with E-state index in [1.54, 1.807) is 24.3 Å². The topological polar surface area (TPSA) is 155 Å². The average Bonchev–Trinajstić information content (AvgIpc) is 3.64. The van der Waals surface area contributed by atoms with Crippen molar-refractivity contribution in [2.75, 3.05) is 33.9 Å². The van der Waals surface area contributed by atoms with Crippen LogP contribution in [0.25, 0.3) is 0 Å². The molecule has 0 spiro atoms. The number of aromatic nitrogens is 1. The Morgan fingerprint density at radius 3 is 2.35 bits per heavy atom. The number of carboxylic acids is 1. The number of benzene rings is 1. The lowest BCUT2D eigenvalue weighted by molar-refractivity contribution is -0.150. The summed E-state index contributed by atoms with van der Waals surface area (Å²) in [5.74, 6) is -3.27. The molecule has 55 heavy (non-hydrogen) atoms. The number of esters is 1. The number of carboxylic acid groups (broad SMARTS) is 1. The molecule has 3 rings (SSSR count). The Hall–Kier alpha value is -3.68. The minimum atomic E-state index is -0.944. The van der Waals surface area contributed by atoms with Gasteiger partial charge in [-0.15, -0.1) is 11.3 Å². The van der Waals surface area contributed by atoms with Crippen molar-refractivity contribution in [2.45, 2.75) is 124 Å². The summed E-state index contributed by atoms with van der Waals surface area (Å²) < 4.78 is 11.3. The van der Waals surface area contributed by atoms with E-state index in [0.29, 0.717) is 11.4 Å². The third-order valence-electron chi connectivity index (χ3n) is 11.0. The van der Waals surface area contributed by atoms with Crippen LogP contribution in [0.2, 0.25) is 0 Å². The van der Waals surface area contributed by atoms with E-state index in [1.807, 2.05) is 65.9 Å². The molecule has 3 unspecified atom stereocenters. The Balaban J connectivity index is 1.90. The number of hydrogen-bond acceptors (Lipinski definition) is 10. The summed E-state index contributed by atoms with van der Waals surface area (Å²) in [6, 6.07) is 6.82. The molecule has 1 aliphatic heterocycles. The second-order valence-electron chi connectivity index (χ2n) is 15.7. The van der Waals surface area contributed by atoms with Crippen molar-refractivity contribution in [3.05, 3.63) is 51.5 Å². The first-order valence-electron chi connectivity index (χ1n) is 19.8. The molecule has 0 saturated carbocycles. The van der Waals surface area contributed by atoms with Crippen LogP contribution in [0.4, 0.5) is 0 Å². The van der Waals surface area contributed by atoms with Crippen molar-refractivity contribution < 1.29 is 38.6 Å². The maximum atomic E-state index is 14.7. The predicted molar refractivity (Wildman–Crippen MR) is 214 cm³/mol. The molecular weight excluding hydrogens is 721 g/mol. The van der Waals surface area contributed by atoms with E-state index in [-0.39, 0.29) is 67.7 Å². The lowest BCUT2D eigenvalue weighted by atomic mass is 9.82. The van der Waals surface area contributed by atoms with Gasteiger partial charge in [0.1, 0.15) is 10.7 Å². The highest BCUT2D eigenvalue weighted by atomic mass is 32.1. The van der Waals surface area contributed by atoms with Crippen LogP contribution in [-0.4, -0.2) is 101 Å². The minimum absolute atomic E-state index is 0.0409. The fraction of sp³-hybridized carbons (Fsp3) is 0.667. The molecule has 0 bridgehead atoms. The summed E-state index contributed by atoms with van der Waals surface area (Å²) in [5, 5.41) is 14.6. The Bertz CT molecular complexity index is 1560. The average molecular weight is 785 g/mol. The maximum Gasteiger partial charge on any atom is 0.306 e. The molecule has 2 heterocycles. The van der Waals surface area contributed by atoms with E-state index in [4.69, 9.17) is 9.47 Å². The summed E-state index contributed by atoms with van der Waals surface area (Å²) >= 11 is 1.19. The van der Waals surface area contributed by atoms with Gasteiger partial charge in [0.2, 0.25) is 5.91 Å². The lowest BCUT2D eigenvalue weighted by Crippen LogP contribution is -2.50. The summed E-state index contributed by atoms with van der Waals surface area (Å²) in [5.41, 5.74) is 2.20. The van der Waals surface area contributed by atoms with Crippen LogP contribution >= 0.6 is 11.3 Å². The van der Waals surface area contributed by atoms with Crippen molar-refractivity contribution >= 4 is 40.9 Å². The number of rotatable bonds is 22. The third-order valence-corrected chi connectivity index (χ3v) is 11.9. The smallest absolute Gasteiger partial charge is 0.306 e. The zero-order valence-electron chi connectivity index (χ0n) is 34.3. The number of ether oxygens (including phenoxy) is 2. The van der Waals surface area contributed by atoms with E-state index < -0.39 is 47.9 Å². The lowest BCUT2D eigenvalue weighted by Gasteiger charge is -2.39. The van der Waals surface area contributed by atoms with Gasteiger partial charge < -0.3 is 24.8 Å². The number of carbonyl (C=O) groups excluding carboxylic acids is 4. The predicted octanol–water partition coefficient (Wildman–Crippen LogP) is 6.50. The molecule has 12 nitrogen and oxygen atoms in total. The monoisotopic (exact) mass is 784 g/mol. The fourth-order valence-corrected chi connectivity index (χ4v) is 8.24. The standard InChI is InChI=1S/C42H64N4O8S/c1-10-28(5)33(23-37(48)35-13-11-12-18-45(35)8)41(50)46(19-20-53-9)36(26(2)3)24-38(54-30(7)47)40-44-34(25-55-40)39(49)43-32(21-29(6)42(51)52)22-31-16-14-27(4)15-17-31/h14-17,25-26,28-29,32-33,35-36,38H,10-13,18-24H2,1-9H3,(H,43,49)(H,51,52)/t28?,29-,32+,33?,35?,36+,38+/m0/s1. The molecule has 1 aliphatic rings. The molecule has 2 amide bonds. The number of nitrogens with zero attached hydrogens (tertiary/aromatic N) is 3. The Kier molecular flexibility index (Phi) is 18.4. The van der Waals surface area contributed by atoms with Crippen LogP contribution in [0.3, 0.4) is 0 Å². The van der Waals surface area contributed by atoms with Crippen LogP contribution in [0, 0.1) is 30.6 Å². The van der Waals surface area contributed by atoms with Crippen molar-refractivity contribution in [3.63, 3.8) is 0 Å². The molecule has 1 saturated heterocycles. The molecule has 1 fully saturated rings. The van der Waals surface area contributed by atoms with Crippen LogP contribution < -0.4 is 5.32 Å². The van der Waals surface area contributed by atoms with Gasteiger partial charge in [-0.25, -0.2) is 4.98 Å². The van der Waals surface area contributed by atoms with Gasteiger partial charge in [0.05, 0.1) is 18.6 Å². The molecule has 13 heteroatoms. The molecule has 0 aliphatic carbocycles. The van der Waals surface area contributed by atoms with Gasteiger partial charge in [-0.2, -0.15) is 0 Å². The van der Waals surface area contributed by atoms with Gasteiger partial charge in [-0.3, -0.25) is 28.9 Å². The summed E-state index contributed by atoms with van der Waals surface area (Å²) in [6.07, 6.45) is 3.78. The van der Waals surface area contributed by atoms with Crippen molar-refractivity contribution in [1.29, 1.82) is 0 Å². The van der Waals surface area contributed by atoms with Gasteiger partial charge in [0.25, 0.3) is 5.91 Å². The number of ketones is 1. The molecular formula is C42H64N4O8S. The molecule has 0 radical (unpaired) electrons. The largest absolute Gasteiger partial charge is 0.481 e. The zero-order chi connectivity index (χ0) is 40.8. The minimum Gasteiger partial charge on any atom is -0.481 e. The quantitative estimate of drug-likeness (QED) is 0.126. The van der Waals surface area contributed by atoms with Gasteiger partial charge in [-0.05, 0) is 63.6 Å². The second-order valence-corrected chi connectivity index (χ2v) is 16.6. The third kappa shape index (κ3) is 13.8. The highest BCUT2D eigenvalue weighted by Gasteiger charge is 2.39. The molecule has 7 atom stereocenters. The number of methoxy groups -OCH3 is 1. The first kappa shape index (κ1) is 45.7. The molecule has 1 aromatic carbocycles. The highest BCUT2D eigenvalue weighted by molar-refractivity contribution is 7.09. The number of aliphatic carboxylic acids is 1. The van der Waals surface area contributed by atoms with Crippen LogP contribution in [0.1, 0.15) is 119 Å². The molecule has 1 aromatic heterocycles. The van der Waals surface area contributed by atoms with Gasteiger partial charge in [-0.1, -0.05) is 77.3 Å². The van der Waals surface area contributed by atoms with E-state index >= 15 is 0 Å². The fourth-order valence-electron chi connectivity index (χ4n) is 7.40. The van der Waals surface area contributed by atoms with Crippen LogP contribution in [0.5, 0.6) is 0 Å². The van der Waals surface area contributed by atoms with Gasteiger partial charge in [0.15, 0.2) is 11.9 Å². The van der Waals surface area contributed by atoms with Crippen LogP contribution in [-0.2, 0) is 35.1 Å². The number of likely N-dealkylation sites (tertiary alicyclic amines) is 1. The van der Waals surface area contributed by atoms with E-state index in [0.717, 1.165) is 43.4 Å². The molecule has 306 valence electrons. The Labute approximate surface area is 331 Å². The molecule has 2 N–H and O–H groups in total. The van der Waals surface area contributed by atoms with E-state index in [9.17, 15) is 29.1 Å². The van der Waals surface area contributed by atoms with Gasteiger partial charge in [0, 0.05) is 56.8 Å². The van der Waals surface area contributed by atoms with Crippen molar-refractivity contribution in [2.24, 2.45) is 23.7 Å². The number of carbonyl (C=O) groups is 5. The summed E-state index contributed by atoms with van der Waals surface area (Å²) in [7, 11) is 3.56. The Morgan fingerprint density at radius 1 is 1.07 bits per heavy atom. The van der Waals surface area contributed by atoms with Crippen molar-refractivity contribution in [3.8, 4) is 0 Å². The first-order valence-corrected chi connectivity index (χ1v) is 20.7. The summed E-state index contributed by atoms with van der Waals surface area (Å²) in [6.45, 7) is 14.4. The van der Waals surface area contributed by atoms with E-state index in [1.165, 1.54) is 18.3 Å². The number of hydrogen-bond donors (Lipinski definition) is 2. The number of nitrogens with one attached hydrogen (secondary N) is 1. The Morgan fingerprint density at radius 2 is 1.76 bits per heavy atom. The SMILES string of the molecule is CCC(C)C(CC(=O)C1CCCCN1C)C(=O)N(CCOC)[C@H](C[C@@H](OC(C)=O)c1nc(C(=O)N[C@@H](Cc2ccc(C)cc2)C[C@H](C)C(=O)O)cs1)C(C)C. The molecule has 2 aromatic rings. The number of amides is 2. The maximum absolute atomic E-state index is 14.7. The van der Waals surface area contributed by atoms with Gasteiger partial charge >= 0.3 is 11.9 Å². The second kappa shape index (κ2) is 22.2. The van der Waals surface area contributed by atoms with E-state index in [2.05, 4.69) is 15.2 Å². The number of Topliss-reactive ketones (excluding diaryl/α,β-unsaturated/α-hetero) is 1. The zero-order valence-corrected chi connectivity index (χ0v) is 35.2.